The Labute approximate surface area is 160 Å². The second-order valence-corrected chi connectivity index (χ2v) is 11.8. The number of nitrogens with one attached hydrogen (secondary N) is 1. The Hall–Kier alpha value is -0.0900. The number of piperidine rings is 2. The maximum atomic E-state index is 13.2. The Balaban J connectivity index is 1.25. The molecule has 4 bridgehead atoms. The predicted octanol–water partition coefficient (Wildman–Crippen LogP) is 3.11. The molecule has 0 aromatic carbocycles. The van der Waals surface area contributed by atoms with E-state index in [-0.39, 0.29) is 15.7 Å². The van der Waals surface area contributed by atoms with Gasteiger partial charge in [0.1, 0.15) is 0 Å². The summed E-state index contributed by atoms with van der Waals surface area (Å²) in [5.74, 6) is 2.27. The second kappa shape index (κ2) is 6.22. The molecule has 4 saturated carbocycles. The number of rotatable bonds is 3. The Morgan fingerprint density at radius 1 is 1.04 bits per heavy atom. The summed E-state index contributed by atoms with van der Waals surface area (Å²) in [5.41, 5.74) is -0.151. The number of esters is 1. The average molecular weight is 411 g/mol. The molecule has 2 aliphatic heterocycles. The number of fused-ring (bicyclic) bond motifs is 1. The van der Waals surface area contributed by atoms with Crippen LogP contribution in [0.25, 0.3) is 0 Å². The van der Waals surface area contributed by atoms with Crippen molar-refractivity contribution in [1.29, 1.82) is 0 Å². The van der Waals surface area contributed by atoms with E-state index in [0.29, 0.717) is 12.5 Å². The first-order valence-electron chi connectivity index (χ1n) is 10.8. The fraction of sp³-hybridized carbons (Fsp3) is 0.952. The minimum Gasteiger partial charge on any atom is -0.465 e. The van der Waals surface area contributed by atoms with Crippen molar-refractivity contribution in [1.82, 2.24) is 0 Å². The quantitative estimate of drug-likeness (QED) is 0.572. The first-order chi connectivity index (χ1) is 12.1. The number of halogens is 1. The van der Waals surface area contributed by atoms with Crippen LogP contribution in [0.2, 0.25) is 0 Å². The van der Waals surface area contributed by atoms with Gasteiger partial charge in [0.05, 0.1) is 31.2 Å². The van der Waals surface area contributed by atoms with Gasteiger partial charge in [0.25, 0.3) is 0 Å². The van der Waals surface area contributed by atoms with Gasteiger partial charge in [-0.1, -0.05) is 15.9 Å². The van der Waals surface area contributed by atoms with E-state index < -0.39 is 0 Å². The van der Waals surface area contributed by atoms with Crippen molar-refractivity contribution in [2.24, 2.45) is 23.2 Å². The number of carbonyl (C=O) groups is 1. The van der Waals surface area contributed by atoms with E-state index in [0.717, 1.165) is 37.1 Å². The summed E-state index contributed by atoms with van der Waals surface area (Å²) < 4.78 is 6.33. The standard InChI is InChI=1S/C21H32BrNO2/c22-21-11-15-8-16(12-21)10-20(9-15,14-21)19(24)25-13-17-4-3-7-23-6-2-1-5-18(17)23/h15-18H,1-14H2/p+1/t15-,16-,17+,18-,20?,21?/m0/s1. The van der Waals surface area contributed by atoms with E-state index in [2.05, 4.69) is 15.9 Å². The summed E-state index contributed by atoms with van der Waals surface area (Å²) in [6.45, 7) is 3.38. The second-order valence-electron chi connectivity index (χ2n) is 10.2. The van der Waals surface area contributed by atoms with Gasteiger partial charge in [0, 0.05) is 10.2 Å². The topological polar surface area (TPSA) is 30.7 Å². The smallest absolute Gasteiger partial charge is 0.312 e. The van der Waals surface area contributed by atoms with Gasteiger partial charge in [-0.15, -0.1) is 0 Å². The first kappa shape index (κ1) is 17.0. The molecule has 1 N–H and O–H groups in total. The molecule has 0 radical (unpaired) electrons. The normalized spacial score (nSPS) is 51.2. The van der Waals surface area contributed by atoms with E-state index in [9.17, 15) is 4.79 Å². The highest BCUT2D eigenvalue weighted by Gasteiger charge is 2.60. The molecule has 0 aromatic rings. The molecule has 3 nitrogen and oxygen atoms in total. The third-order valence-electron chi connectivity index (χ3n) is 8.28. The van der Waals surface area contributed by atoms with Crippen molar-refractivity contribution >= 4 is 21.9 Å². The zero-order chi connectivity index (χ0) is 17.1. The molecule has 1 unspecified atom stereocenters. The minimum atomic E-state index is -0.151. The van der Waals surface area contributed by atoms with Crippen LogP contribution in [-0.4, -0.2) is 36.0 Å². The van der Waals surface area contributed by atoms with Crippen molar-refractivity contribution in [3.63, 3.8) is 0 Å². The zero-order valence-electron chi connectivity index (χ0n) is 15.4. The minimum absolute atomic E-state index is 0.151. The maximum absolute atomic E-state index is 13.2. The lowest BCUT2D eigenvalue weighted by Crippen LogP contribution is -3.18. The third kappa shape index (κ3) is 2.99. The van der Waals surface area contributed by atoms with Crippen molar-refractivity contribution in [3.05, 3.63) is 0 Å². The van der Waals surface area contributed by atoms with E-state index in [1.807, 2.05) is 0 Å². The van der Waals surface area contributed by atoms with E-state index in [1.165, 1.54) is 64.5 Å². The van der Waals surface area contributed by atoms with Crippen molar-refractivity contribution in [2.45, 2.75) is 81.0 Å². The highest BCUT2D eigenvalue weighted by atomic mass is 79.9. The predicted molar refractivity (Wildman–Crippen MR) is 101 cm³/mol. The molecule has 0 spiro atoms. The Bertz CT molecular complexity index is 534. The molecule has 2 heterocycles. The molecular weight excluding hydrogens is 378 g/mol. The SMILES string of the molecule is O=C(OC[C@H]1CCC[NH+]2CCCC[C@@H]12)C12C[C@@H]3C[C@H](CC(Br)(C3)C1)C2. The molecule has 0 amide bonds. The lowest BCUT2D eigenvalue weighted by Gasteiger charge is -2.58. The van der Waals surface area contributed by atoms with Gasteiger partial charge >= 0.3 is 5.97 Å². The monoisotopic (exact) mass is 410 g/mol. The number of carbonyl (C=O) groups excluding carboxylic acids is 1. The molecule has 0 aromatic heterocycles. The third-order valence-corrected chi connectivity index (χ3v) is 9.21. The summed E-state index contributed by atoms with van der Waals surface area (Å²) in [5, 5.41) is 0. The van der Waals surface area contributed by atoms with Crippen LogP contribution in [0.4, 0.5) is 0 Å². The van der Waals surface area contributed by atoms with Crippen LogP contribution in [0.15, 0.2) is 0 Å². The van der Waals surface area contributed by atoms with Gasteiger partial charge in [-0.05, 0) is 82.5 Å². The maximum Gasteiger partial charge on any atom is 0.312 e. The average Bonchev–Trinajstić information content (AvgIpc) is 2.57. The van der Waals surface area contributed by atoms with Gasteiger partial charge in [-0.25, -0.2) is 0 Å². The van der Waals surface area contributed by atoms with Crippen molar-refractivity contribution in [3.8, 4) is 0 Å². The Morgan fingerprint density at radius 2 is 1.80 bits per heavy atom. The fourth-order valence-corrected chi connectivity index (χ4v) is 9.16. The molecule has 5 atom stereocenters. The number of quaternary nitrogens is 1. The van der Waals surface area contributed by atoms with Crippen molar-refractivity contribution in [2.75, 3.05) is 19.7 Å². The highest BCUT2D eigenvalue weighted by molar-refractivity contribution is 9.10. The van der Waals surface area contributed by atoms with Crippen LogP contribution in [0, 0.1) is 23.2 Å². The van der Waals surface area contributed by atoms with E-state index in [1.54, 1.807) is 4.90 Å². The van der Waals surface area contributed by atoms with Gasteiger partial charge in [-0.2, -0.15) is 0 Å². The summed E-state index contributed by atoms with van der Waals surface area (Å²) in [6.07, 6.45) is 13.8. The van der Waals surface area contributed by atoms with Crippen LogP contribution in [0.5, 0.6) is 0 Å². The van der Waals surface area contributed by atoms with Gasteiger partial charge in [-0.3, -0.25) is 4.79 Å². The zero-order valence-corrected chi connectivity index (χ0v) is 17.0. The molecule has 4 aliphatic carbocycles. The molecule has 2 saturated heterocycles. The molecule has 6 rings (SSSR count). The summed E-state index contributed by atoms with van der Waals surface area (Å²) in [7, 11) is 0. The van der Waals surface area contributed by atoms with E-state index in [4.69, 9.17) is 4.74 Å². The van der Waals surface area contributed by atoms with Crippen LogP contribution < -0.4 is 4.90 Å². The van der Waals surface area contributed by atoms with Crippen molar-refractivity contribution < 1.29 is 14.4 Å². The van der Waals surface area contributed by atoms with Gasteiger partial charge in [0.2, 0.25) is 0 Å². The first-order valence-corrected chi connectivity index (χ1v) is 11.6. The van der Waals surface area contributed by atoms with Crippen LogP contribution >= 0.6 is 15.9 Å². The highest BCUT2D eigenvalue weighted by Crippen LogP contribution is 2.64. The van der Waals surface area contributed by atoms with Gasteiger partial charge in [0.15, 0.2) is 0 Å². The molecular formula is C21H33BrNO2+. The molecule has 4 heteroatoms. The Morgan fingerprint density at radius 3 is 2.56 bits per heavy atom. The molecule has 25 heavy (non-hydrogen) atoms. The van der Waals surface area contributed by atoms with Crippen LogP contribution in [-0.2, 0) is 9.53 Å². The summed E-state index contributed by atoms with van der Waals surface area (Å²) in [6, 6.07) is 0.759. The number of ether oxygens (including phenoxy) is 1. The number of hydrogen-bond donors (Lipinski definition) is 1. The van der Waals surface area contributed by atoms with E-state index >= 15 is 0 Å². The van der Waals surface area contributed by atoms with Crippen LogP contribution in [0.1, 0.15) is 70.6 Å². The fourth-order valence-electron chi connectivity index (χ4n) is 7.70. The van der Waals surface area contributed by atoms with Crippen LogP contribution in [0.3, 0.4) is 0 Å². The largest absolute Gasteiger partial charge is 0.465 e. The summed E-state index contributed by atoms with van der Waals surface area (Å²) in [4.78, 5) is 15.0. The lowest BCUT2D eigenvalue weighted by atomic mass is 9.49. The summed E-state index contributed by atoms with van der Waals surface area (Å²) >= 11 is 4.02. The molecule has 140 valence electrons. The van der Waals surface area contributed by atoms with Gasteiger partial charge < -0.3 is 9.64 Å². The Kier molecular flexibility index (Phi) is 4.24. The number of hydrogen-bond acceptors (Lipinski definition) is 2. The number of alkyl halides is 1. The molecule has 6 aliphatic rings. The molecule has 6 fully saturated rings. The lowest BCUT2D eigenvalue weighted by molar-refractivity contribution is -0.940.